The summed E-state index contributed by atoms with van der Waals surface area (Å²) in [7, 11) is 0. The number of piperidine rings is 1. The van der Waals surface area contributed by atoms with Crippen LogP contribution in [-0.2, 0) is 9.59 Å². The second-order valence-corrected chi connectivity index (χ2v) is 5.20. The molecular weight excluding hydrogens is 242 g/mol. The lowest BCUT2D eigenvalue weighted by atomic mass is 9.90. The second-order valence-electron chi connectivity index (χ2n) is 5.20. The standard InChI is InChI=1S/C14H27N3O2/c1-3-7-16-13(18)6-9-17-14(19)12-10-11(4-2)5-8-15-12/h11-12,15H,3-10H2,1-2H3,(H,16,18)(H,17,19). The monoisotopic (exact) mass is 269 g/mol. The zero-order valence-corrected chi connectivity index (χ0v) is 12.1. The minimum atomic E-state index is -0.0857. The number of carbonyl (C=O) groups is 2. The van der Waals surface area contributed by atoms with E-state index in [0.29, 0.717) is 25.4 Å². The molecule has 1 aliphatic rings. The van der Waals surface area contributed by atoms with Crippen molar-refractivity contribution in [3.05, 3.63) is 0 Å². The molecule has 0 bridgehead atoms. The van der Waals surface area contributed by atoms with Crippen LogP contribution in [0.4, 0.5) is 0 Å². The van der Waals surface area contributed by atoms with Gasteiger partial charge in [0, 0.05) is 19.5 Å². The molecule has 2 atom stereocenters. The molecule has 1 saturated heterocycles. The molecule has 1 fully saturated rings. The maximum Gasteiger partial charge on any atom is 0.237 e. The van der Waals surface area contributed by atoms with E-state index in [-0.39, 0.29) is 17.9 Å². The molecule has 0 spiro atoms. The van der Waals surface area contributed by atoms with E-state index >= 15 is 0 Å². The van der Waals surface area contributed by atoms with Crippen molar-refractivity contribution < 1.29 is 9.59 Å². The van der Waals surface area contributed by atoms with Gasteiger partial charge in [0.1, 0.15) is 0 Å². The molecule has 0 saturated carbocycles. The average molecular weight is 269 g/mol. The predicted octanol–water partition coefficient (Wildman–Crippen LogP) is 0.797. The third-order valence-electron chi connectivity index (χ3n) is 3.63. The highest BCUT2D eigenvalue weighted by Crippen LogP contribution is 2.19. The summed E-state index contributed by atoms with van der Waals surface area (Å²) in [6.07, 6.45) is 4.48. The quantitative estimate of drug-likeness (QED) is 0.640. The van der Waals surface area contributed by atoms with Crippen molar-refractivity contribution in [1.29, 1.82) is 0 Å². The highest BCUT2D eigenvalue weighted by atomic mass is 16.2. The first-order valence-electron chi connectivity index (χ1n) is 7.45. The summed E-state index contributed by atoms with van der Waals surface area (Å²) in [5.41, 5.74) is 0. The van der Waals surface area contributed by atoms with Crippen LogP contribution in [0, 0.1) is 5.92 Å². The second kappa shape index (κ2) is 8.91. The third kappa shape index (κ3) is 6.05. The number of rotatable bonds is 7. The van der Waals surface area contributed by atoms with E-state index in [0.717, 1.165) is 32.2 Å². The Kier molecular flexibility index (Phi) is 7.48. The predicted molar refractivity (Wildman–Crippen MR) is 75.7 cm³/mol. The lowest BCUT2D eigenvalue weighted by Gasteiger charge is -2.28. The Bertz CT molecular complexity index is 294. The third-order valence-corrected chi connectivity index (χ3v) is 3.63. The van der Waals surface area contributed by atoms with Gasteiger partial charge in [-0.3, -0.25) is 9.59 Å². The maximum absolute atomic E-state index is 11.9. The zero-order valence-electron chi connectivity index (χ0n) is 12.1. The molecule has 1 rings (SSSR count). The number of hydrogen-bond donors (Lipinski definition) is 3. The summed E-state index contributed by atoms with van der Waals surface area (Å²) in [5, 5.41) is 8.88. The van der Waals surface area contributed by atoms with Crippen molar-refractivity contribution in [2.75, 3.05) is 19.6 Å². The van der Waals surface area contributed by atoms with E-state index in [1.807, 2.05) is 6.92 Å². The van der Waals surface area contributed by atoms with Crippen LogP contribution in [0.2, 0.25) is 0 Å². The van der Waals surface area contributed by atoms with Crippen LogP contribution in [0.25, 0.3) is 0 Å². The molecule has 0 aromatic carbocycles. The van der Waals surface area contributed by atoms with Crippen LogP contribution in [0.1, 0.15) is 46.0 Å². The minimum Gasteiger partial charge on any atom is -0.356 e. The first-order valence-corrected chi connectivity index (χ1v) is 7.45. The molecule has 2 unspecified atom stereocenters. The van der Waals surface area contributed by atoms with Gasteiger partial charge in [-0.25, -0.2) is 0 Å². The van der Waals surface area contributed by atoms with Crippen molar-refractivity contribution in [1.82, 2.24) is 16.0 Å². The Morgan fingerprint density at radius 2 is 2.00 bits per heavy atom. The summed E-state index contributed by atoms with van der Waals surface area (Å²) in [4.78, 5) is 23.3. The summed E-state index contributed by atoms with van der Waals surface area (Å²) in [5.74, 6) is 0.677. The topological polar surface area (TPSA) is 70.2 Å². The van der Waals surface area contributed by atoms with Crippen LogP contribution in [0.5, 0.6) is 0 Å². The molecule has 110 valence electrons. The van der Waals surface area contributed by atoms with Crippen molar-refractivity contribution in [2.45, 2.75) is 52.0 Å². The van der Waals surface area contributed by atoms with Gasteiger partial charge in [-0.05, 0) is 31.7 Å². The summed E-state index contributed by atoms with van der Waals surface area (Å²) < 4.78 is 0. The van der Waals surface area contributed by atoms with Gasteiger partial charge >= 0.3 is 0 Å². The molecule has 19 heavy (non-hydrogen) atoms. The average Bonchev–Trinajstić information content (AvgIpc) is 2.45. The van der Waals surface area contributed by atoms with Gasteiger partial charge in [-0.1, -0.05) is 20.3 Å². The summed E-state index contributed by atoms with van der Waals surface area (Å²) >= 11 is 0. The van der Waals surface area contributed by atoms with E-state index in [1.165, 1.54) is 0 Å². The number of nitrogens with one attached hydrogen (secondary N) is 3. The van der Waals surface area contributed by atoms with Crippen molar-refractivity contribution >= 4 is 11.8 Å². The molecule has 0 aliphatic carbocycles. The maximum atomic E-state index is 11.9. The molecule has 5 nitrogen and oxygen atoms in total. The van der Waals surface area contributed by atoms with E-state index in [1.54, 1.807) is 0 Å². The van der Waals surface area contributed by atoms with Crippen molar-refractivity contribution in [2.24, 2.45) is 5.92 Å². The van der Waals surface area contributed by atoms with Gasteiger partial charge in [0.25, 0.3) is 0 Å². The SMILES string of the molecule is CCCNC(=O)CCNC(=O)C1CC(CC)CCN1. The summed E-state index contributed by atoms with van der Waals surface area (Å²) in [6.45, 7) is 6.22. The lowest BCUT2D eigenvalue weighted by Crippen LogP contribution is -2.49. The fraction of sp³-hybridized carbons (Fsp3) is 0.857. The molecule has 0 aromatic heterocycles. The minimum absolute atomic E-state index is 0.00480. The normalized spacial score (nSPS) is 22.8. The van der Waals surface area contributed by atoms with Crippen LogP contribution in [0.3, 0.4) is 0 Å². The van der Waals surface area contributed by atoms with Gasteiger partial charge in [-0.15, -0.1) is 0 Å². The van der Waals surface area contributed by atoms with Crippen LogP contribution in [-0.4, -0.2) is 37.5 Å². The Morgan fingerprint density at radius 1 is 1.21 bits per heavy atom. The molecule has 0 aromatic rings. The lowest BCUT2D eigenvalue weighted by molar-refractivity contribution is -0.124. The molecule has 0 radical (unpaired) electrons. The number of hydrogen-bond acceptors (Lipinski definition) is 3. The van der Waals surface area contributed by atoms with Gasteiger partial charge in [0.2, 0.25) is 11.8 Å². The Balaban J connectivity index is 2.18. The van der Waals surface area contributed by atoms with Crippen LogP contribution in [0.15, 0.2) is 0 Å². The van der Waals surface area contributed by atoms with E-state index in [2.05, 4.69) is 22.9 Å². The van der Waals surface area contributed by atoms with E-state index in [4.69, 9.17) is 0 Å². The van der Waals surface area contributed by atoms with E-state index < -0.39 is 0 Å². The van der Waals surface area contributed by atoms with Gasteiger partial charge in [0.05, 0.1) is 6.04 Å². The Morgan fingerprint density at radius 3 is 2.68 bits per heavy atom. The van der Waals surface area contributed by atoms with Crippen LogP contribution < -0.4 is 16.0 Å². The fourth-order valence-electron chi connectivity index (χ4n) is 2.34. The molecule has 5 heteroatoms. The van der Waals surface area contributed by atoms with Crippen molar-refractivity contribution in [3.63, 3.8) is 0 Å². The first kappa shape index (κ1) is 16.0. The largest absolute Gasteiger partial charge is 0.356 e. The van der Waals surface area contributed by atoms with Gasteiger partial charge < -0.3 is 16.0 Å². The highest BCUT2D eigenvalue weighted by Gasteiger charge is 2.25. The molecule has 3 N–H and O–H groups in total. The van der Waals surface area contributed by atoms with Gasteiger partial charge in [0.15, 0.2) is 0 Å². The number of amides is 2. The zero-order chi connectivity index (χ0) is 14.1. The number of carbonyl (C=O) groups excluding carboxylic acids is 2. The first-order chi connectivity index (χ1) is 9.17. The van der Waals surface area contributed by atoms with Crippen molar-refractivity contribution in [3.8, 4) is 0 Å². The summed E-state index contributed by atoms with van der Waals surface area (Å²) in [6, 6.07) is -0.0857. The fourth-order valence-corrected chi connectivity index (χ4v) is 2.34. The van der Waals surface area contributed by atoms with Crippen LogP contribution >= 0.6 is 0 Å². The molecule has 1 heterocycles. The molecule has 2 amide bonds. The highest BCUT2D eigenvalue weighted by molar-refractivity contribution is 5.82. The molecule has 1 aliphatic heterocycles. The Labute approximate surface area is 115 Å². The van der Waals surface area contributed by atoms with E-state index in [9.17, 15) is 9.59 Å². The Hall–Kier alpha value is -1.10. The molecular formula is C14H27N3O2. The smallest absolute Gasteiger partial charge is 0.237 e. The van der Waals surface area contributed by atoms with Gasteiger partial charge in [-0.2, -0.15) is 0 Å².